The van der Waals surface area contributed by atoms with Gasteiger partial charge in [0, 0.05) is 16.3 Å². The van der Waals surface area contributed by atoms with E-state index in [4.69, 9.17) is 11.6 Å². The van der Waals surface area contributed by atoms with Crippen molar-refractivity contribution in [1.82, 2.24) is 15.1 Å². The van der Waals surface area contributed by atoms with Gasteiger partial charge in [0.2, 0.25) is 5.91 Å². The number of halogens is 1. The minimum absolute atomic E-state index is 0.0984. The molecule has 7 heteroatoms. The van der Waals surface area contributed by atoms with E-state index in [0.29, 0.717) is 11.4 Å². The summed E-state index contributed by atoms with van der Waals surface area (Å²) in [6, 6.07) is 6.43. The zero-order valence-corrected chi connectivity index (χ0v) is 16.0. The molecule has 2 aromatic rings. The van der Waals surface area contributed by atoms with E-state index in [0.717, 1.165) is 35.5 Å². The minimum Gasteiger partial charge on any atom is -0.480 e. The lowest BCUT2D eigenvalue weighted by atomic mass is 10.1. The van der Waals surface area contributed by atoms with Gasteiger partial charge in [-0.05, 0) is 44.5 Å². The number of amides is 1. The Morgan fingerprint density at radius 2 is 1.92 bits per heavy atom. The van der Waals surface area contributed by atoms with E-state index in [2.05, 4.69) is 10.4 Å². The number of hydrogen-bond donors (Lipinski definition) is 2. The lowest BCUT2D eigenvalue weighted by Crippen LogP contribution is -2.41. The maximum absolute atomic E-state index is 12.4. The van der Waals surface area contributed by atoms with Gasteiger partial charge in [-0.25, -0.2) is 9.48 Å². The van der Waals surface area contributed by atoms with Crippen LogP contribution in [0.3, 0.4) is 0 Å². The molecule has 0 spiro atoms. The summed E-state index contributed by atoms with van der Waals surface area (Å²) in [5, 5.41) is 17.0. The first-order valence-electron chi connectivity index (χ1n) is 8.66. The molecule has 0 bridgehead atoms. The number of carboxylic acid groups (broad SMARTS) is 1. The standard InChI is InChI=1S/C19H24ClN3O3/c1-4-5-6-17(19(25)26)21-18(24)11-16-12(2)22-23(13(16)3)15-9-7-14(20)8-10-15/h7-10,17H,4-6,11H2,1-3H3,(H,21,24)(H,25,26). The molecule has 0 saturated heterocycles. The first-order valence-corrected chi connectivity index (χ1v) is 9.04. The molecule has 2 N–H and O–H groups in total. The number of aromatic nitrogens is 2. The lowest BCUT2D eigenvalue weighted by Gasteiger charge is -2.14. The van der Waals surface area contributed by atoms with Crippen LogP contribution in [0.1, 0.15) is 43.1 Å². The van der Waals surface area contributed by atoms with Crippen molar-refractivity contribution in [3.05, 3.63) is 46.2 Å². The Morgan fingerprint density at radius 1 is 1.27 bits per heavy atom. The van der Waals surface area contributed by atoms with Crippen LogP contribution in [0.15, 0.2) is 24.3 Å². The molecule has 1 aromatic heterocycles. The number of benzene rings is 1. The molecular formula is C19H24ClN3O3. The highest BCUT2D eigenvalue weighted by atomic mass is 35.5. The van der Waals surface area contributed by atoms with Crippen molar-refractivity contribution < 1.29 is 14.7 Å². The Labute approximate surface area is 158 Å². The quantitative estimate of drug-likeness (QED) is 0.738. The summed E-state index contributed by atoms with van der Waals surface area (Å²) in [5.74, 6) is -1.31. The third kappa shape index (κ3) is 4.85. The van der Waals surface area contributed by atoms with Gasteiger partial charge in [0.1, 0.15) is 6.04 Å². The number of hydrogen-bond acceptors (Lipinski definition) is 3. The van der Waals surface area contributed by atoms with Crippen molar-refractivity contribution in [2.45, 2.75) is 52.5 Å². The van der Waals surface area contributed by atoms with Crippen LogP contribution in [0.25, 0.3) is 5.69 Å². The molecule has 1 aromatic carbocycles. The highest BCUT2D eigenvalue weighted by molar-refractivity contribution is 6.30. The molecule has 0 fully saturated rings. The van der Waals surface area contributed by atoms with Gasteiger partial charge < -0.3 is 10.4 Å². The average molecular weight is 378 g/mol. The number of rotatable bonds is 8. The second-order valence-electron chi connectivity index (χ2n) is 6.31. The van der Waals surface area contributed by atoms with Gasteiger partial charge in [-0.15, -0.1) is 0 Å². The van der Waals surface area contributed by atoms with E-state index in [1.807, 2.05) is 32.9 Å². The number of carbonyl (C=O) groups excluding carboxylic acids is 1. The van der Waals surface area contributed by atoms with E-state index in [-0.39, 0.29) is 12.3 Å². The van der Waals surface area contributed by atoms with Crippen LogP contribution >= 0.6 is 11.6 Å². The summed E-state index contributed by atoms with van der Waals surface area (Å²) in [4.78, 5) is 23.7. The fourth-order valence-electron chi connectivity index (χ4n) is 2.84. The van der Waals surface area contributed by atoms with Gasteiger partial charge in [0.25, 0.3) is 0 Å². The number of carboxylic acids is 1. The molecular weight excluding hydrogens is 354 g/mol. The third-order valence-corrected chi connectivity index (χ3v) is 4.58. The topological polar surface area (TPSA) is 84.2 Å². The van der Waals surface area contributed by atoms with Crippen molar-refractivity contribution in [3.8, 4) is 5.69 Å². The normalized spacial score (nSPS) is 12.0. The Balaban J connectivity index is 2.15. The first kappa shape index (κ1) is 20.0. The van der Waals surface area contributed by atoms with Crippen molar-refractivity contribution in [2.75, 3.05) is 0 Å². The van der Waals surface area contributed by atoms with Gasteiger partial charge in [0.05, 0.1) is 17.8 Å². The molecule has 0 aliphatic heterocycles. The van der Waals surface area contributed by atoms with Crippen LogP contribution in [0.5, 0.6) is 0 Å². The second-order valence-corrected chi connectivity index (χ2v) is 6.75. The van der Waals surface area contributed by atoms with E-state index in [1.54, 1.807) is 16.8 Å². The van der Waals surface area contributed by atoms with Crippen LogP contribution < -0.4 is 5.32 Å². The fourth-order valence-corrected chi connectivity index (χ4v) is 2.96. The van der Waals surface area contributed by atoms with Gasteiger partial charge in [-0.2, -0.15) is 5.10 Å². The predicted octanol–water partition coefficient (Wildman–Crippen LogP) is 3.44. The molecule has 1 unspecified atom stereocenters. The highest BCUT2D eigenvalue weighted by Crippen LogP contribution is 2.20. The van der Waals surface area contributed by atoms with Crippen molar-refractivity contribution in [3.63, 3.8) is 0 Å². The van der Waals surface area contributed by atoms with Crippen LogP contribution in [0.2, 0.25) is 5.02 Å². The van der Waals surface area contributed by atoms with Crippen LogP contribution in [-0.2, 0) is 16.0 Å². The number of aryl methyl sites for hydroxylation is 1. The maximum Gasteiger partial charge on any atom is 0.326 e. The maximum atomic E-state index is 12.4. The Hall–Kier alpha value is -2.34. The monoisotopic (exact) mass is 377 g/mol. The molecule has 2 rings (SSSR count). The fraction of sp³-hybridized carbons (Fsp3) is 0.421. The smallest absolute Gasteiger partial charge is 0.326 e. The summed E-state index contributed by atoms with van der Waals surface area (Å²) in [7, 11) is 0. The molecule has 1 atom stereocenters. The molecule has 0 radical (unpaired) electrons. The summed E-state index contributed by atoms with van der Waals surface area (Å²) in [6.07, 6.45) is 2.16. The third-order valence-electron chi connectivity index (χ3n) is 4.33. The zero-order chi connectivity index (χ0) is 19.3. The Bertz CT molecular complexity index is 784. The average Bonchev–Trinajstić information content (AvgIpc) is 2.87. The van der Waals surface area contributed by atoms with E-state index in [1.165, 1.54) is 0 Å². The summed E-state index contributed by atoms with van der Waals surface area (Å²) >= 11 is 5.92. The van der Waals surface area contributed by atoms with Crippen LogP contribution in [0.4, 0.5) is 0 Å². The molecule has 140 valence electrons. The molecule has 1 amide bonds. The van der Waals surface area contributed by atoms with Crippen LogP contribution in [-0.4, -0.2) is 32.8 Å². The first-order chi connectivity index (χ1) is 12.3. The largest absolute Gasteiger partial charge is 0.480 e. The molecule has 6 nitrogen and oxygen atoms in total. The number of nitrogens with one attached hydrogen (secondary N) is 1. The van der Waals surface area contributed by atoms with Gasteiger partial charge >= 0.3 is 5.97 Å². The number of carbonyl (C=O) groups is 2. The number of aliphatic carboxylic acids is 1. The van der Waals surface area contributed by atoms with Crippen molar-refractivity contribution in [2.24, 2.45) is 0 Å². The molecule has 0 aliphatic rings. The number of unbranched alkanes of at least 4 members (excludes halogenated alkanes) is 1. The van der Waals surface area contributed by atoms with Gasteiger partial charge in [-0.1, -0.05) is 31.4 Å². The van der Waals surface area contributed by atoms with E-state index < -0.39 is 12.0 Å². The lowest BCUT2D eigenvalue weighted by molar-refractivity contribution is -0.142. The summed E-state index contributed by atoms with van der Waals surface area (Å²) in [6.45, 7) is 5.72. The van der Waals surface area contributed by atoms with Gasteiger partial charge in [-0.3, -0.25) is 4.79 Å². The molecule has 0 aliphatic carbocycles. The molecule has 1 heterocycles. The van der Waals surface area contributed by atoms with Crippen LogP contribution in [0, 0.1) is 13.8 Å². The van der Waals surface area contributed by atoms with Gasteiger partial charge in [0.15, 0.2) is 0 Å². The SMILES string of the molecule is CCCCC(NC(=O)Cc1c(C)nn(-c2ccc(Cl)cc2)c1C)C(=O)O. The minimum atomic E-state index is -1.00. The Morgan fingerprint density at radius 3 is 2.50 bits per heavy atom. The second kappa shape index (κ2) is 8.85. The Kier molecular flexibility index (Phi) is 6.80. The summed E-state index contributed by atoms with van der Waals surface area (Å²) in [5.41, 5.74) is 3.25. The molecule has 0 saturated carbocycles. The predicted molar refractivity (Wildman–Crippen MR) is 101 cm³/mol. The van der Waals surface area contributed by atoms with Crippen molar-refractivity contribution in [1.29, 1.82) is 0 Å². The highest BCUT2D eigenvalue weighted by Gasteiger charge is 2.21. The van der Waals surface area contributed by atoms with E-state index >= 15 is 0 Å². The summed E-state index contributed by atoms with van der Waals surface area (Å²) < 4.78 is 1.76. The van der Waals surface area contributed by atoms with Crippen molar-refractivity contribution >= 4 is 23.5 Å². The molecule has 26 heavy (non-hydrogen) atoms. The number of nitrogens with zero attached hydrogens (tertiary/aromatic N) is 2. The van der Waals surface area contributed by atoms with E-state index in [9.17, 15) is 14.7 Å². The zero-order valence-electron chi connectivity index (χ0n) is 15.3.